The molecule has 0 atom stereocenters. The molecular weight excluding hydrogens is 254 g/mol. The Morgan fingerprint density at radius 1 is 1.33 bits per heavy atom. The van der Waals surface area contributed by atoms with Gasteiger partial charge in [0, 0.05) is 0 Å². The van der Waals surface area contributed by atoms with Gasteiger partial charge in [-0.3, -0.25) is 0 Å². The number of nitrogens with two attached hydrogens (primary N) is 1. The van der Waals surface area contributed by atoms with Crippen LogP contribution in [0.3, 0.4) is 0 Å². The fraction of sp³-hybridized carbons (Fsp3) is 0.500. The first kappa shape index (κ1) is 12.5. The van der Waals surface area contributed by atoms with E-state index in [0.29, 0.717) is 5.75 Å². The van der Waals surface area contributed by atoms with E-state index in [1.54, 1.807) is 0 Å². The van der Waals surface area contributed by atoms with E-state index >= 15 is 0 Å². The average Bonchev–Trinajstić information content (AvgIpc) is 2.24. The molecule has 2 nitrogen and oxygen atoms in total. The van der Waals surface area contributed by atoms with Crippen LogP contribution in [0.1, 0.15) is 30.9 Å². The van der Waals surface area contributed by atoms with Crippen molar-refractivity contribution in [3.63, 3.8) is 0 Å². The Morgan fingerprint density at radius 2 is 2.07 bits per heavy atom. The molecule has 0 aliphatic heterocycles. The van der Waals surface area contributed by atoms with Gasteiger partial charge in [0.2, 0.25) is 0 Å². The Bertz CT molecular complexity index is 326. The first-order valence-electron chi connectivity index (χ1n) is 5.39. The lowest BCUT2D eigenvalue weighted by Gasteiger charge is -2.08. The third kappa shape index (κ3) is 3.50. The van der Waals surface area contributed by atoms with Crippen LogP contribution in [0.5, 0.6) is 5.75 Å². The highest BCUT2D eigenvalue weighted by Gasteiger charge is 2.07. The van der Waals surface area contributed by atoms with Crippen molar-refractivity contribution >= 4 is 15.9 Å². The summed E-state index contributed by atoms with van der Waals surface area (Å²) in [6.45, 7) is 2.83. The number of aryl methyl sites for hydroxylation is 2. The quantitative estimate of drug-likeness (QED) is 0.809. The van der Waals surface area contributed by atoms with E-state index in [-0.39, 0.29) is 0 Å². The molecule has 0 aliphatic rings. The number of halogens is 1. The maximum Gasteiger partial charge on any atom is 0.132 e. The van der Waals surface area contributed by atoms with Crippen LogP contribution in [0.25, 0.3) is 0 Å². The Morgan fingerprint density at radius 3 is 2.67 bits per heavy atom. The molecular formula is C12H18BrNO. The topological polar surface area (TPSA) is 46.2 Å². The van der Waals surface area contributed by atoms with Gasteiger partial charge in [0.15, 0.2) is 0 Å². The fourth-order valence-electron chi connectivity index (χ4n) is 1.57. The molecule has 0 bridgehead atoms. The van der Waals surface area contributed by atoms with Gasteiger partial charge in [-0.05, 0) is 65.4 Å². The van der Waals surface area contributed by atoms with Crippen LogP contribution in [0.15, 0.2) is 16.6 Å². The van der Waals surface area contributed by atoms with Crippen molar-refractivity contribution in [2.24, 2.45) is 5.73 Å². The summed E-state index contributed by atoms with van der Waals surface area (Å²) in [5.41, 5.74) is 7.72. The van der Waals surface area contributed by atoms with Gasteiger partial charge >= 0.3 is 0 Å². The van der Waals surface area contributed by atoms with Crippen molar-refractivity contribution in [1.82, 2.24) is 0 Å². The zero-order valence-corrected chi connectivity index (χ0v) is 10.7. The predicted molar refractivity (Wildman–Crippen MR) is 67.2 cm³/mol. The highest BCUT2D eigenvalue weighted by Crippen LogP contribution is 2.30. The van der Waals surface area contributed by atoms with Gasteiger partial charge in [0.1, 0.15) is 5.75 Å². The van der Waals surface area contributed by atoms with E-state index < -0.39 is 0 Å². The van der Waals surface area contributed by atoms with E-state index in [9.17, 15) is 5.11 Å². The Labute approximate surface area is 99.6 Å². The molecule has 0 aromatic heterocycles. The third-order valence-corrected chi connectivity index (χ3v) is 3.12. The Hall–Kier alpha value is -0.540. The van der Waals surface area contributed by atoms with Crippen LogP contribution >= 0.6 is 15.9 Å². The number of aromatic hydroxyl groups is 1. The van der Waals surface area contributed by atoms with Gasteiger partial charge < -0.3 is 10.8 Å². The molecule has 0 fully saturated rings. The lowest BCUT2D eigenvalue weighted by molar-refractivity contribution is 0.463. The number of hydrogen-bond acceptors (Lipinski definition) is 2. The van der Waals surface area contributed by atoms with E-state index in [1.807, 2.05) is 6.07 Å². The summed E-state index contributed by atoms with van der Waals surface area (Å²) < 4.78 is 0.796. The minimum atomic E-state index is 0.379. The van der Waals surface area contributed by atoms with E-state index in [0.717, 1.165) is 42.3 Å². The molecule has 1 rings (SSSR count). The van der Waals surface area contributed by atoms with Gasteiger partial charge in [-0.15, -0.1) is 0 Å². The second kappa shape index (κ2) is 6.13. The number of benzene rings is 1. The normalized spacial score (nSPS) is 10.6. The van der Waals surface area contributed by atoms with Crippen molar-refractivity contribution in [3.05, 3.63) is 27.7 Å². The molecule has 1 aromatic carbocycles. The number of unbranched alkanes of at least 4 members (excludes halogenated alkanes) is 1. The molecule has 0 saturated heterocycles. The van der Waals surface area contributed by atoms with Crippen LogP contribution in [-0.4, -0.2) is 11.7 Å². The Kier molecular flexibility index (Phi) is 5.12. The zero-order valence-electron chi connectivity index (χ0n) is 9.09. The van der Waals surface area contributed by atoms with Crippen molar-refractivity contribution in [2.75, 3.05) is 6.54 Å². The minimum Gasteiger partial charge on any atom is -0.506 e. The summed E-state index contributed by atoms with van der Waals surface area (Å²) >= 11 is 3.37. The van der Waals surface area contributed by atoms with Crippen molar-refractivity contribution in [3.8, 4) is 5.75 Å². The van der Waals surface area contributed by atoms with Gasteiger partial charge in [-0.1, -0.05) is 13.0 Å². The number of phenolic OH excluding ortho intramolecular Hbond substituents is 1. The van der Waals surface area contributed by atoms with Crippen LogP contribution in [0.2, 0.25) is 0 Å². The molecule has 0 spiro atoms. The van der Waals surface area contributed by atoms with Crippen molar-refractivity contribution in [1.29, 1.82) is 0 Å². The lowest BCUT2D eigenvalue weighted by atomic mass is 10.0. The van der Waals surface area contributed by atoms with E-state index in [4.69, 9.17) is 5.73 Å². The van der Waals surface area contributed by atoms with Crippen molar-refractivity contribution in [2.45, 2.75) is 32.6 Å². The smallest absolute Gasteiger partial charge is 0.132 e. The molecule has 0 radical (unpaired) electrons. The van der Waals surface area contributed by atoms with E-state index in [2.05, 4.69) is 28.9 Å². The number of hydrogen-bond donors (Lipinski definition) is 2. The van der Waals surface area contributed by atoms with Crippen LogP contribution in [0.4, 0.5) is 0 Å². The Balaban J connectivity index is 2.80. The standard InChI is InChI=1S/C12H18BrNO/c1-2-9-7-10(5-3-4-6-14)12(15)11(13)8-9/h7-8,15H,2-6,14H2,1H3. The lowest BCUT2D eigenvalue weighted by Crippen LogP contribution is -1.99. The summed E-state index contributed by atoms with van der Waals surface area (Å²) in [4.78, 5) is 0. The highest BCUT2D eigenvalue weighted by atomic mass is 79.9. The minimum absolute atomic E-state index is 0.379. The monoisotopic (exact) mass is 271 g/mol. The van der Waals surface area contributed by atoms with Gasteiger partial charge in [0.05, 0.1) is 4.47 Å². The highest BCUT2D eigenvalue weighted by molar-refractivity contribution is 9.10. The summed E-state index contributed by atoms with van der Waals surface area (Å²) in [6, 6.07) is 4.05. The SMILES string of the molecule is CCc1cc(Br)c(O)c(CCCCN)c1. The predicted octanol–water partition coefficient (Wildman–Crippen LogP) is 3.00. The molecule has 0 saturated carbocycles. The number of phenols is 1. The van der Waals surface area contributed by atoms with Crippen LogP contribution < -0.4 is 5.73 Å². The van der Waals surface area contributed by atoms with Gasteiger partial charge in [0.25, 0.3) is 0 Å². The second-order valence-electron chi connectivity index (χ2n) is 3.68. The molecule has 0 heterocycles. The first-order valence-corrected chi connectivity index (χ1v) is 6.18. The van der Waals surface area contributed by atoms with E-state index in [1.165, 1.54) is 5.56 Å². The largest absolute Gasteiger partial charge is 0.506 e. The fourth-order valence-corrected chi connectivity index (χ4v) is 2.12. The van der Waals surface area contributed by atoms with Crippen LogP contribution in [-0.2, 0) is 12.8 Å². The first-order chi connectivity index (χ1) is 7.19. The maximum atomic E-state index is 9.84. The second-order valence-corrected chi connectivity index (χ2v) is 4.54. The van der Waals surface area contributed by atoms with Gasteiger partial charge in [-0.25, -0.2) is 0 Å². The van der Waals surface area contributed by atoms with Crippen LogP contribution in [0, 0.1) is 0 Å². The molecule has 84 valence electrons. The molecule has 1 aromatic rings. The molecule has 15 heavy (non-hydrogen) atoms. The molecule has 3 heteroatoms. The molecule has 0 aliphatic carbocycles. The third-order valence-electron chi connectivity index (χ3n) is 2.51. The summed E-state index contributed by atoms with van der Waals surface area (Å²) in [5, 5.41) is 9.84. The van der Waals surface area contributed by atoms with Gasteiger partial charge in [-0.2, -0.15) is 0 Å². The maximum absolute atomic E-state index is 9.84. The summed E-state index contributed by atoms with van der Waals surface area (Å²) in [6.07, 6.45) is 3.93. The van der Waals surface area contributed by atoms with Crippen molar-refractivity contribution < 1.29 is 5.11 Å². The molecule has 0 unspecified atom stereocenters. The molecule has 0 amide bonds. The zero-order chi connectivity index (χ0) is 11.3. The average molecular weight is 272 g/mol. The molecule has 3 N–H and O–H groups in total. The number of rotatable bonds is 5. The summed E-state index contributed by atoms with van der Waals surface area (Å²) in [7, 11) is 0. The summed E-state index contributed by atoms with van der Waals surface area (Å²) in [5.74, 6) is 0.379.